The number of carbonyl (C=O) groups excluding carboxylic acids is 1. The number of piperidine rings is 1. The van der Waals surface area contributed by atoms with E-state index in [0.29, 0.717) is 35.3 Å². The van der Waals surface area contributed by atoms with Crippen molar-refractivity contribution in [3.63, 3.8) is 0 Å². The number of methoxy groups -OCH3 is 2. The molecule has 3 atom stereocenters. The maximum Gasteiger partial charge on any atom is 0.225 e. The van der Waals surface area contributed by atoms with Gasteiger partial charge in [0.1, 0.15) is 0 Å². The van der Waals surface area contributed by atoms with Crippen LogP contribution in [0, 0.1) is 11.8 Å². The Morgan fingerprint density at radius 3 is 2.45 bits per heavy atom. The number of ketones is 1. The quantitative estimate of drug-likeness (QED) is 0.783. The second-order valence-corrected chi connectivity index (χ2v) is 8.52. The summed E-state index contributed by atoms with van der Waals surface area (Å²) in [6, 6.07) is 5.88. The van der Waals surface area contributed by atoms with Gasteiger partial charge in [0.2, 0.25) is 5.95 Å². The van der Waals surface area contributed by atoms with Gasteiger partial charge in [-0.05, 0) is 48.3 Å². The summed E-state index contributed by atoms with van der Waals surface area (Å²) in [7, 11) is 3.25. The van der Waals surface area contributed by atoms with Crippen LogP contribution >= 0.6 is 0 Å². The van der Waals surface area contributed by atoms with Crippen LogP contribution in [0.5, 0.6) is 11.5 Å². The molecule has 2 heterocycles. The van der Waals surface area contributed by atoms with Crippen molar-refractivity contribution in [2.45, 2.75) is 39.0 Å². The van der Waals surface area contributed by atoms with Gasteiger partial charge in [-0.15, -0.1) is 0 Å². The van der Waals surface area contributed by atoms with E-state index >= 15 is 0 Å². The molecule has 1 aliphatic carbocycles. The summed E-state index contributed by atoms with van der Waals surface area (Å²) in [4.78, 5) is 24.4. The van der Waals surface area contributed by atoms with Crippen LogP contribution in [0.3, 0.4) is 0 Å². The predicted octanol–water partition coefficient (Wildman–Crippen LogP) is 3.89. The molecule has 4 rings (SSSR count). The van der Waals surface area contributed by atoms with Crippen LogP contribution in [0.25, 0.3) is 0 Å². The first-order valence-electron chi connectivity index (χ1n) is 10.3. The Balaban J connectivity index is 1.62. The summed E-state index contributed by atoms with van der Waals surface area (Å²) in [5.74, 6) is 3.57. The molecule has 0 radical (unpaired) electrons. The van der Waals surface area contributed by atoms with Crippen LogP contribution < -0.4 is 14.4 Å². The van der Waals surface area contributed by atoms with Gasteiger partial charge in [-0.3, -0.25) is 4.79 Å². The summed E-state index contributed by atoms with van der Waals surface area (Å²) in [6.45, 7) is 6.49. The van der Waals surface area contributed by atoms with E-state index in [1.165, 1.54) is 6.42 Å². The molecule has 0 spiro atoms. The largest absolute Gasteiger partial charge is 0.493 e. The molecule has 0 N–H and O–H groups in total. The number of anilines is 1. The number of aromatic nitrogens is 2. The van der Waals surface area contributed by atoms with Crippen LogP contribution in [0.2, 0.25) is 0 Å². The summed E-state index contributed by atoms with van der Waals surface area (Å²) < 4.78 is 10.8. The van der Waals surface area contributed by atoms with Crippen molar-refractivity contribution in [2.75, 3.05) is 32.2 Å². The van der Waals surface area contributed by atoms with Crippen LogP contribution in [-0.2, 0) is 6.42 Å². The smallest absolute Gasteiger partial charge is 0.225 e. The molecule has 29 heavy (non-hydrogen) atoms. The van der Waals surface area contributed by atoms with Crippen molar-refractivity contribution in [2.24, 2.45) is 11.8 Å². The fraction of sp³-hybridized carbons (Fsp3) is 0.522. The maximum absolute atomic E-state index is 12.8. The lowest BCUT2D eigenvalue weighted by Crippen LogP contribution is -2.40. The van der Waals surface area contributed by atoms with Gasteiger partial charge in [-0.1, -0.05) is 19.9 Å². The van der Waals surface area contributed by atoms with Crippen molar-refractivity contribution in [3.8, 4) is 11.5 Å². The van der Waals surface area contributed by atoms with E-state index in [-0.39, 0.29) is 11.7 Å². The first-order chi connectivity index (χ1) is 14.0. The fourth-order valence-corrected chi connectivity index (χ4v) is 4.76. The third kappa shape index (κ3) is 3.93. The normalized spacial score (nSPS) is 24.2. The Kier molecular flexibility index (Phi) is 5.43. The zero-order valence-corrected chi connectivity index (χ0v) is 17.6. The molecule has 1 aliphatic heterocycles. The molecule has 0 saturated carbocycles. The third-order valence-corrected chi connectivity index (χ3v) is 6.06. The second kappa shape index (κ2) is 8.01. The highest BCUT2D eigenvalue weighted by atomic mass is 16.5. The van der Waals surface area contributed by atoms with Gasteiger partial charge in [0.05, 0.1) is 25.5 Å². The average Bonchev–Trinajstić information content (AvgIpc) is 2.72. The predicted molar refractivity (Wildman–Crippen MR) is 112 cm³/mol. The molecule has 6 heteroatoms. The second-order valence-electron chi connectivity index (χ2n) is 8.52. The van der Waals surface area contributed by atoms with Gasteiger partial charge in [-0.2, -0.15) is 0 Å². The highest BCUT2D eigenvalue weighted by Crippen LogP contribution is 2.37. The van der Waals surface area contributed by atoms with Crippen LogP contribution in [-0.4, -0.2) is 43.1 Å². The number of hydrogen-bond acceptors (Lipinski definition) is 6. The highest BCUT2D eigenvalue weighted by molar-refractivity contribution is 5.98. The number of Topliss-reactive ketones (excluding diaryl/α,β-unsaturated/α-hetero) is 1. The van der Waals surface area contributed by atoms with Gasteiger partial charge in [0.15, 0.2) is 17.3 Å². The monoisotopic (exact) mass is 395 g/mol. The number of benzene rings is 1. The SMILES string of the molecule is COc1ccc(C2CC(=O)c3cnc(N4CC(C)CC(C)C4)nc3C2)cc1OC. The van der Waals surface area contributed by atoms with Crippen molar-refractivity contribution in [1.82, 2.24) is 9.97 Å². The number of nitrogens with zero attached hydrogens (tertiary/aromatic N) is 3. The Bertz CT molecular complexity index is 904. The van der Waals surface area contributed by atoms with Gasteiger partial charge >= 0.3 is 0 Å². The molecular weight excluding hydrogens is 366 g/mol. The Morgan fingerprint density at radius 2 is 1.76 bits per heavy atom. The van der Waals surface area contributed by atoms with E-state index in [1.54, 1.807) is 20.4 Å². The van der Waals surface area contributed by atoms with E-state index in [2.05, 4.69) is 23.7 Å². The Hall–Kier alpha value is -2.63. The number of hydrogen-bond donors (Lipinski definition) is 0. The number of rotatable bonds is 4. The highest BCUT2D eigenvalue weighted by Gasteiger charge is 2.30. The number of carbonyl (C=O) groups is 1. The first kappa shape index (κ1) is 19.7. The lowest BCUT2D eigenvalue weighted by atomic mass is 9.82. The van der Waals surface area contributed by atoms with Gasteiger partial charge in [0, 0.05) is 25.7 Å². The van der Waals surface area contributed by atoms with Crippen LogP contribution in [0.15, 0.2) is 24.4 Å². The molecule has 3 unspecified atom stereocenters. The standard InChI is InChI=1S/C23H29N3O3/c1-14-7-15(2)13-26(12-14)23-24-11-18-19(25-23)8-17(9-20(18)27)16-5-6-21(28-3)22(10-16)29-4/h5-6,10-11,14-15,17H,7-9,12-13H2,1-4H3. The minimum atomic E-state index is 0.0803. The van der Waals surface area contributed by atoms with Crippen molar-refractivity contribution < 1.29 is 14.3 Å². The first-order valence-corrected chi connectivity index (χ1v) is 10.3. The molecule has 1 saturated heterocycles. The van der Waals surface area contributed by atoms with E-state index < -0.39 is 0 Å². The minimum Gasteiger partial charge on any atom is -0.493 e. The molecule has 154 valence electrons. The number of ether oxygens (including phenoxy) is 2. The molecule has 1 fully saturated rings. The van der Waals surface area contributed by atoms with E-state index in [9.17, 15) is 4.79 Å². The maximum atomic E-state index is 12.8. The Labute approximate surface area is 172 Å². The summed E-state index contributed by atoms with van der Waals surface area (Å²) in [6.07, 6.45) is 4.16. The van der Waals surface area contributed by atoms with Crippen LogP contribution in [0.4, 0.5) is 5.95 Å². The van der Waals surface area contributed by atoms with E-state index in [1.807, 2.05) is 18.2 Å². The average molecular weight is 396 g/mol. The topological polar surface area (TPSA) is 64.5 Å². The van der Waals surface area contributed by atoms with Crippen molar-refractivity contribution >= 4 is 11.7 Å². The van der Waals surface area contributed by atoms with E-state index in [0.717, 1.165) is 36.7 Å². The molecule has 1 aromatic heterocycles. The molecule has 6 nitrogen and oxygen atoms in total. The molecule has 2 aromatic rings. The summed E-state index contributed by atoms with van der Waals surface area (Å²) >= 11 is 0. The van der Waals surface area contributed by atoms with E-state index in [4.69, 9.17) is 14.5 Å². The number of fused-ring (bicyclic) bond motifs is 1. The minimum absolute atomic E-state index is 0.0803. The Morgan fingerprint density at radius 1 is 1.03 bits per heavy atom. The molecule has 1 aromatic carbocycles. The lowest BCUT2D eigenvalue weighted by molar-refractivity contribution is 0.0962. The van der Waals surface area contributed by atoms with Gasteiger partial charge in [0.25, 0.3) is 0 Å². The molecule has 2 aliphatic rings. The summed E-state index contributed by atoms with van der Waals surface area (Å²) in [5, 5.41) is 0. The third-order valence-electron chi connectivity index (χ3n) is 6.06. The zero-order valence-electron chi connectivity index (χ0n) is 17.6. The van der Waals surface area contributed by atoms with Gasteiger partial charge in [-0.25, -0.2) is 9.97 Å². The molecular formula is C23H29N3O3. The van der Waals surface area contributed by atoms with Crippen molar-refractivity contribution in [3.05, 3.63) is 41.2 Å². The van der Waals surface area contributed by atoms with Gasteiger partial charge < -0.3 is 14.4 Å². The lowest BCUT2D eigenvalue weighted by Gasteiger charge is -2.35. The van der Waals surface area contributed by atoms with Crippen LogP contribution in [0.1, 0.15) is 54.2 Å². The van der Waals surface area contributed by atoms with Crippen molar-refractivity contribution in [1.29, 1.82) is 0 Å². The molecule has 0 amide bonds. The zero-order chi connectivity index (χ0) is 20.5. The molecule has 0 bridgehead atoms. The summed E-state index contributed by atoms with van der Waals surface area (Å²) in [5.41, 5.74) is 2.60. The fourth-order valence-electron chi connectivity index (χ4n) is 4.76.